The van der Waals surface area contributed by atoms with Crippen LogP contribution in [-0.4, -0.2) is 48.3 Å². The first-order valence-corrected chi connectivity index (χ1v) is 11.5. The second-order valence-corrected chi connectivity index (χ2v) is 8.67. The number of hydrogen-bond donors (Lipinski definition) is 1. The third kappa shape index (κ3) is 4.21. The summed E-state index contributed by atoms with van der Waals surface area (Å²) in [6.07, 6.45) is 1.52. The van der Waals surface area contributed by atoms with E-state index < -0.39 is 23.1 Å². The third-order valence-electron chi connectivity index (χ3n) is 5.28. The lowest BCUT2D eigenvalue weighted by atomic mass is 9.82. The molecule has 0 saturated carbocycles. The minimum atomic E-state index is -0.906. The van der Waals surface area contributed by atoms with Crippen molar-refractivity contribution in [3.8, 4) is 5.75 Å². The van der Waals surface area contributed by atoms with Crippen LogP contribution in [0.15, 0.2) is 46.3 Å². The number of ether oxygens (including phenoxy) is 3. The fraction of sp³-hybridized carbons (Fsp3) is 0.435. The van der Waals surface area contributed by atoms with Crippen LogP contribution in [0.5, 0.6) is 5.75 Å². The predicted molar refractivity (Wildman–Crippen MR) is 120 cm³/mol. The zero-order chi connectivity index (χ0) is 23.4. The van der Waals surface area contributed by atoms with Crippen LogP contribution in [0.4, 0.5) is 0 Å². The molecular formula is C23H28N2O6S. The largest absolute Gasteiger partial charge is 0.496 e. The van der Waals surface area contributed by atoms with Crippen LogP contribution in [0.1, 0.15) is 45.1 Å². The van der Waals surface area contributed by atoms with E-state index in [9.17, 15) is 14.4 Å². The number of thioether (sulfide) groups is 1. The molecule has 9 heteroatoms. The van der Waals surface area contributed by atoms with E-state index in [-0.39, 0.29) is 36.1 Å². The number of nitrogens with two attached hydrogens (primary N) is 1. The molecule has 172 valence electrons. The van der Waals surface area contributed by atoms with Gasteiger partial charge in [-0.05, 0) is 26.3 Å². The molecule has 1 amide bonds. The molecule has 2 N–H and O–H groups in total. The van der Waals surface area contributed by atoms with Crippen molar-refractivity contribution in [3.63, 3.8) is 0 Å². The quantitative estimate of drug-likeness (QED) is 0.466. The fourth-order valence-electron chi connectivity index (χ4n) is 3.74. The molecule has 2 heterocycles. The summed E-state index contributed by atoms with van der Waals surface area (Å²) in [7, 11) is 1.51. The lowest BCUT2D eigenvalue weighted by molar-refractivity contribution is -0.140. The number of carbonyl (C=O) groups excluding carboxylic acids is 3. The second kappa shape index (κ2) is 10.1. The average Bonchev–Trinajstić information content (AvgIpc) is 3.07. The first kappa shape index (κ1) is 23.7. The summed E-state index contributed by atoms with van der Waals surface area (Å²) in [4.78, 5) is 40.6. The predicted octanol–water partition coefficient (Wildman–Crippen LogP) is 3.04. The summed E-state index contributed by atoms with van der Waals surface area (Å²) >= 11 is 1.22. The molecule has 32 heavy (non-hydrogen) atoms. The lowest BCUT2D eigenvalue weighted by Crippen LogP contribution is -2.40. The van der Waals surface area contributed by atoms with E-state index in [1.807, 2.05) is 6.92 Å². The van der Waals surface area contributed by atoms with Crippen molar-refractivity contribution >= 4 is 29.6 Å². The third-order valence-corrected chi connectivity index (χ3v) is 6.46. The molecule has 0 radical (unpaired) electrons. The van der Waals surface area contributed by atoms with Crippen LogP contribution in [0.2, 0.25) is 0 Å². The molecule has 0 aliphatic carbocycles. The van der Waals surface area contributed by atoms with Gasteiger partial charge < -0.3 is 19.9 Å². The maximum atomic E-state index is 13.2. The Labute approximate surface area is 191 Å². The Hall–Kier alpha value is -2.94. The Morgan fingerprint density at radius 1 is 1.12 bits per heavy atom. The van der Waals surface area contributed by atoms with Crippen LogP contribution in [-0.2, 0) is 23.9 Å². The number of hydrogen-bond acceptors (Lipinski definition) is 8. The number of esters is 2. The standard InChI is InChI=1S/C23H28N2O6S/c1-5-7-12-31-22(27)17-16(14-10-8-9-11-15(14)29-4)18(23(28)30-6-2)21-25(19(17)24)20(26)13(3)32-21/h8-11,13,16H,5-7,12,24H2,1-4H3. The van der Waals surface area contributed by atoms with Crippen molar-refractivity contribution in [2.24, 2.45) is 5.73 Å². The molecule has 2 aliphatic heterocycles. The Kier molecular flexibility index (Phi) is 7.50. The van der Waals surface area contributed by atoms with Gasteiger partial charge in [0, 0.05) is 5.56 Å². The van der Waals surface area contributed by atoms with E-state index in [2.05, 4.69) is 0 Å². The second-order valence-electron chi connectivity index (χ2n) is 7.34. The van der Waals surface area contributed by atoms with Gasteiger partial charge in [0.1, 0.15) is 11.6 Å². The van der Waals surface area contributed by atoms with Gasteiger partial charge in [0.2, 0.25) is 5.91 Å². The zero-order valence-electron chi connectivity index (χ0n) is 18.7. The van der Waals surface area contributed by atoms with Crippen molar-refractivity contribution in [3.05, 3.63) is 51.8 Å². The van der Waals surface area contributed by atoms with Gasteiger partial charge in [-0.2, -0.15) is 0 Å². The minimum Gasteiger partial charge on any atom is -0.496 e. The molecule has 2 aliphatic rings. The Balaban J connectivity index is 2.26. The van der Waals surface area contributed by atoms with Crippen LogP contribution < -0.4 is 10.5 Å². The van der Waals surface area contributed by atoms with Gasteiger partial charge in [-0.15, -0.1) is 0 Å². The SMILES string of the molecule is CCCCOC(=O)C1=C(N)N2C(=O)C(C)SC2=C(C(=O)OCC)C1c1ccccc1OC. The highest BCUT2D eigenvalue weighted by molar-refractivity contribution is 8.04. The van der Waals surface area contributed by atoms with Crippen LogP contribution in [0, 0.1) is 0 Å². The molecule has 2 atom stereocenters. The molecule has 1 fully saturated rings. The molecule has 1 aromatic rings. The number of unbranched alkanes of at least 4 members (excludes halogenated alkanes) is 1. The van der Waals surface area contributed by atoms with Crippen molar-refractivity contribution < 1.29 is 28.6 Å². The van der Waals surface area contributed by atoms with Crippen molar-refractivity contribution in [1.82, 2.24) is 4.90 Å². The first-order valence-electron chi connectivity index (χ1n) is 10.6. The number of para-hydroxylation sites is 1. The summed E-state index contributed by atoms with van der Waals surface area (Å²) in [5.74, 6) is -2.07. The monoisotopic (exact) mass is 460 g/mol. The van der Waals surface area contributed by atoms with Gasteiger partial charge in [-0.3, -0.25) is 9.69 Å². The molecule has 3 rings (SSSR count). The molecule has 0 spiro atoms. The minimum absolute atomic E-state index is 0.0282. The van der Waals surface area contributed by atoms with Gasteiger partial charge in [0.25, 0.3) is 0 Å². The number of fused-ring (bicyclic) bond motifs is 1. The highest BCUT2D eigenvalue weighted by Crippen LogP contribution is 2.51. The molecular weight excluding hydrogens is 432 g/mol. The maximum absolute atomic E-state index is 13.2. The molecule has 8 nitrogen and oxygen atoms in total. The van der Waals surface area contributed by atoms with E-state index in [4.69, 9.17) is 19.9 Å². The number of benzene rings is 1. The van der Waals surface area contributed by atoms with Gasteiger partial charge in [0.15, 0.2) is 0 Å². The Morgan fingerprint density at radius 3 is 2.47 bits per heavy atom. The summed E-state index contributed by atoms with van der Waals surface area (Å²) in [6.45, 7) is 5.75. The highest BCUT2D eigenvalue weighted by atomic mass is 32.2. The van der Waals surface area contributed by atoms with Gasteiger partial charge in [-0.1, -0.05) is 43.3 Å². The summed E-state index contributed by atoms with van der Waals surface area (Å²) in [5.41, 5.74) is 7.18. The zero-order valence-corrected chi connectivity index (χ0v) is 19.5. The lowest BCUT2D eigenvalue weighted by Gasteiger charge is -2.33. The molecule has 0 aromatic heterocycles. The van der Waals surface area contributed by atoms with Crippen molar-refractivity contribution in [2.45, 2.75) is 44.8 Å². The van der Waals surface area contributed by atoms with Gasteiger partial charge in [-0.25, -0.2) is 9.59 Å². The highest BCUT2D eigenvalue weighted by Gasteiger charge is 2.49. The smallest absolute Gasteiger partial charge is 0.338 e. The van der Waals surface area contributed by atoms with E-state index in [0.717, 1.165) is 6.42 Å². The molecule has 1 aromatic carbocycles. The van der Waals surface area contributed by atoms with Crippen molar-refractivity contribution in [1.29, 1.82) is 0 Å². The van der Waals surface area contributed by atoms with E-state index >= 15 is 0 Å². The number of methoxy groups -OCH3 is 1. The van der Waals surface area contributed by atoms with Gasteiger partial charge in [0.05, 0.1) is 47.7 Å². The molecule has 1 saturated heterocycles. The normalized spacial score (nSPS) is 20.4. The van der Waals surface area contributed by atoms with E-state index in [1.165, 1.54) is 23.8 Å². The Morgan fingerprint density at radius 2 is 1.81 bits per heavy atom. The average molecular weight is 461 g/mol. The number of carbonyl (C=O) groups is 3. The van der Waals surface area contributed by atoms with E-state index in [0.29, 0.717) is 22.8 Å². The topological polar surface area (TPSA) is 108 Å². The number of rotatable bonds is 8. The summed E-state index contributed by atoms with van der Waals surface area (Å²) in [6, 6.07) is 7.07. The van der Waals surface area contributed by atoms with Crippen LogP contribution in [0.3, 0.4) is 0 Å². The molecule has 0 bridgehead atoms. The summed E-state index contributed by atoms with van der Waals surface area (Å²) < 4.78 is 16.3. The van der Waals surface area contributed by atoms with Crippen molar-refractivity contribution in [2.75, 3.05) is 20.3 Å². The number of amides is 1. The van der Waals surface area contributed by atoms with Crippen LogP contribution in [0.25, 0.3) is 0 Å². The first-order chi connectivity index (χ1) is 15.4. The fourth-order valence-corrected chi connectivity index (χ4v) is 4.90. The molecule has 2 unspecified atom stereocenters. The maximum Gasteiger partial charge on any atom is 0.338 e. The van der Waals surface area contributed by atoms with Crippen LogP contribution >= 0.6 is 11.8 Å². The van der Waals surface area contributed by atoms with Gasteiger partial charge >= 0.3 is 11.9 Å². The van der Waals surface area contributed by atoms with E-state index in [1.54, 1.807) is 38.1 Å². The Bertz CT molecular complexity index is 986. The summed E-state index contributed by atoms with van der Waals surface area (Å²) in [5, 5.41) is -0.0961. The number of nitrogens with zero attached hydrogens (tertiary/aromatic N) is 1.